The summed E-state index contributed by atoms with van der Waals surface area (Å²) in [6, 6.07) is 7.95. The first-order valence-electron chi connectivity index (χ1n) is 5.66. The van der Waals surface area contributed by atoms with Crippen molar-refractivity contribution in [2.75, 3.05) is 33.3 Å². The molecule has 0 spiro atoms. The van der Waals surface area contributed by atoms with Crippen LogP contribution in [0.1, 0.15) is 11.7 Å². The van der Waals surface area contributed by atoms with E-state index >= 15 is 0 Å². The van der Waals surface area contributed by atoms with Crippen LogP contribution in [0.4, 0.5) is 0 Å². The van der Waals surface area contributed by atoms with Crippen molar-refractivity contribution in [2.45, 2.75) is 6.17 Å². The number of rotatable bonds is 3. The number of nitrogens with two attached hydrogens (primary N) is 1. The molecule has 1 aromatic rings. The fraction of sp³-hybridized carbons (Fsp3) is 0.500. The first-order valence-corrected chi connectivity index (χ1v) is 5.66. The van der Waals surface area contributed by atoms with E-state index in [1.54, 1.807) is 7.11 Å². The molecule has 3 N–H and O–H groups in total. The molecule has 4 heteroatoms. The monoisotopic (exact) mass is 221 g/mol. The predicted octanol–water partition coefficient (Wildman–Crippen LogP) is 0.558. The lowest BCUT2D eigenvalue weighted by Crippen LogP contribution is -2.47. The Hall–Kier alpha value is -1.10. The van der Waals surface area contributed by atoms with Crippen LogP contribution in [0.3, 0.4) is 0 Å². The number of para-hydroxylation sites is 1. The highest BCUT2D eigenvalue weighted by Crippen LogP contribution is 2.25. The molecule has 1 aliphatic rings. The Kier molecular flexibility index (Phi) is 3.77. The van der Waals surface area contributed by atoms with E-state index in [4.69, 9.17) is 10.5 Å². The third kappa shape index (κ3) is 2.35. The smallest absolute Gasteiger partial charge is 0.124 e. The number of nitrogens with one attached hydrogen (secondary N) is 1. The fourth-order valence-corrected chi connectivity index (χ4v) is 2.07. The maximum absolute atomic E-state index is 6.26. The Morgan fingerprint density at radius 1 is 1.31 bits per heavy atom. The van der Waals surface area contributed by atoms with E-state index in [2.05, 4.69) is 10.2 Å². The molecular formula is C12H19N3O. The van der Waals surface area contributed by atoms with Crippen molar-refractivity contribution in [3.05, 3.63) is 29.8 Å². The average molecular weight is 221 g/mol. The van der Waals surface area contributed by atoms with Gasteiger partial charge in [-0.2, -0.15) is 0 Å². The average Bonchev–Trinajstić information content (AvgIpc) is 2.39. The summed E-state index contributed by atoms with van der Waals surface area (Å²) >= 11 is 0. The van der Waals surface area contributed by atoms with Crippen LogP contribution >= 0.6 is 0 Å². The molecule has 16 heavy (non-hydrogen) atoms. The Morgan fingerprint density at radius 2 is 2.00 bits per heavy atom. The van der Waals surface area contributed by atoms with Crippen molar-refractivity contribution in [1.29, 1.82) is 0 Å². The van der Waals surface area contributed by atoms with Gasteiger partial charge in [-0.25, -0.2) is 0 Å². The normalized spacial score (nSPS) is 19.4. The number of nitrogens with zero attached hydrogens (tertiary/aromatic N) is 1. The van der Waals surface area contributed by atoms with Gasteiger partial charge in [-0.3, -0.25) is 4.90 Å². The molecule has 0 aromatic heterocycles. The van der Waals surface area contributed by atoms with E-state index in [9.17, 15) is 0 Å². The summed E-state index contributed by atoms with van der Waals surface area (Å²) in [7, 11) is 1.68. The molecule has 0 bridgehead atoms. The summed E-state index contributed by atoms with van der Waals surface area (Å²) in [5.74, 6) is 0.869. The van der Waals surface area contributed by atoms with Crippen molar-refractivity contribution in [2.24, 2.45) is 5.73 Å². The molecule has 1 saturated heterocycles. The highest BCUT2D eigenvalue weighted by atomic mass is 16.5. The topological polar surface area (TPSA) is 50.5 Å². The van der Waals surface area contributed by atoms with Gasteiger partial charge >= 0.3 is 0 Å². The molecule has 0 aliphatic carbocycles. The largest absolute Gasteiger partial charge is 0.496 e. The van der Waals surface area contributed by atoms with E-state index in [-0.39, 0.29) is 6.17 Å². The molecule has 1 atom stereocenters. The van der Waals surface area contributed by atoms with E-state index in [1.165, 1.54) is 0 Å². The highest BCUT2D eigenvalue weighted by molar-refractivity contribution is 5.35. The molecule has 0 saturated carbocycles. The lowest BCUT2D eigenvalue weighted by molar-refractivity contribution is 0.174. The maximum atomic E-state index is 6.26. The second-order valence-electron chi connectivity index (χ2n) is 3.97. The molecule has 4 nitrogen and oxygen atoms in total. The number of piperazine rings is 1. The Balaban J connectivity index is 2.15. The number of methoxy groups -OCH3 is 1. The van der Waals surface area contributed by atoms with Crippen molar-refractivity contribution in [1.82, 2.24) is 10.2 Å². The van der Waals surface area contributed by atoms with Crippen molar-refractivity contribution >= 4 is 0 Å². The first-order chi connectivity index (χ1) is 7.83. The van der Waals surface area contributed by atoms with Crippen LogP contribution in [0.15, 0.2) is 24.3 Å². The zero-order chi connectivity index (χ0) is 11.4. The predicted molar refractivity (Wildman–Crippen MR) is 64.4 cm³/mol. The highest BCUT2D eigenvalue weighted by Gasteiger charge is 2.20. The zero-order valence-corrected chi connectivity index (χ0v) is 9.65. The van der Waals surface area contributed by atoms with Gasteiger partial charge in [0.05, 0.1) is 13.3 Å². The second-order valence-corrected chi connectivity index (χ2v) is 3.97. The summed E-state index contributed by atoms with van der Waals surface area (Å²) in [6.07, 6.45) is -0.0711. The van der Waals surface area contributed by atoms with Crippen LogP contribution in [0.5, 0.6) is 5.75 Å². The lowest BCUT2D eigenvalue weighted by Gasteiger charge is -2.33. The minimum absolute atomic E-state index is 0.0711. The molecule has 1 aromatic carbocycles. The molecule has 88 valence electrons. The van der Waals surface area contributed by atoms with Gasteiger partial charge in [0.25, 0.3) is 0 Å². The van der Waals surface area contributed by atoms with Gasteiger partial charge in [0.2, 0.25) is 0 Å². The van der Waals surface area contributed by atoms with Crippen LogP contribution in [0.25, 0.3) is 0 Å². The van der Waals surface area contributed by atoms with Gasteiger partial charge < -0.3 is 15.8 Å². The third-order valence-electron chi connectivity index (χ3n) is 3.00. The molecule has 2 rings (SSSR count). The van der Waals surface area contributed by atoms with Crippen LogP contribution in [0.2, 0.25) is 0 Å². The van der Waals surface area contributed by atoms with Crippen LogP contribution < -0.4 is 15.8 Å². The molecule has 1 aliphatic heterocycles. The van der Waals surface area contributed by atoms with Crippen molar-refractivity contribution in [3.63, 3.8) is 0 Å². The quantitative estimate of drug-likeness (QED) is 0.783. The van der Waals surface area contributed by atoms with E-state index < -0.39 is 0 Å². The Labute approximate surface area is 96.4 Å². The first kappa shape index (κ1) is 11.4. The van der Waals surface area contributed by atoms with E-state index in [0.29, 0.717) is 0 Å². The van der Waals surface area contributed by atoms with E-state index in [1.807, 2.05) is 24.3 Å². The summed E-state index contributed by atoms with van der Waals surface area (Å²) in [5, 5.41) is 3.32. The molecule has 1 fully saturated rings. The van der Waals surface area contributed by atoms with Gasteiger partial charge in [0.1, 0.15) is 5.75 Å². The van der Waals surface area contributed by atoms with Gasteiger partial charge in [0, 0.05) is 31.7 Å². The van der Waals surface area contributed by atoms with E-state index in [0.717, 1.165) is 37.5 Å². The number of hydrogen-bond donors (Lipinski definition) is 2. The number of benzene rings is 1. The van der Waals surface area contributed by atoms with Crippen LogP contribution in [-0.2, 0) is 0 Å². The molecule has 1 unspecified atom stereocenters. The summed E-state index contributed by atoms with van der Waals surface area (Å²) in [6.45, 7) is 3.98. The molecule has 0 amide bonds. The van der Waals surface area contributed by atoms with Gasteiger partial charge in [-0.05, 0) is 6.07 Å². The fourth-order valence-electron chi connectivity index (χ4n) is 2.07. The van der Waals surface area contributed by atoms with Crippen molar-refractivity contribution in [3.8, 4) is 5.75 Å². The number of hydrogen-bond acceptors (Lipinski definition) is 4. The lowest BCUT2D eigenvalue weighted by atomic mass is 10.1. The maximum Gasteiger partial charge on any atom is 0.124 e. The molecule has 1 heterocycles. The van der Waals surface area contributed by atoms with Crippen molar-refractivity contribution < 1.29 is 4.74 Å². The number of ether oxygens (including phenoxy) is 1. The Morgan fingerprint density at radius 3 is 2.69 bits per heavy atom. The van der Waals surface area contributed by atoms with Gasteiger partial charge in [-0.1, -0.05) is 18.2 Å². The standard InChI is InChI=1S/C12H19N3O/c1-16-11-5-3-2-4-10(11)12(13)15-8-6-14-7-9-15/h2-5,12,14H,6-9,13H2,1H3. The molecule has 0 radical (unpaired) electrons. The summed E-state index contributed by atoms with van der Waals surface area (Å²) in [4.78, 5) is 2.27. The minimum Gasteiger partial charge on any atom is -0.496 e. The third-order valence-corrected chi connectivity index (χ3v) is 3.00. The van der Waals surface area contributed by atoms with Gasteiger partial charge in [0.15, 0.2) is 0 Å². The Bertz CT molecular complexity index is 337. The minimum atomic E-state index is -0.0711. The summed E-state index contributed by atoms with van der Waals surface area (Å²) in [5.41, 5.74) is 7.33. The summed E-state index contributed by atoms with van der Waals surface area (Å²) < 4.78 is 5.33. The van der Waals surface area contributed by atoms with Crippen LogP contribution in [0, 0.1) is 0 Å². The second kappa shape index (κ2) is 5.30. The van der Waals surface area contributed by atoms with Gasteiger partial charge in [-0.15, -0.1) is 0 Å². The zero-order valence-electron chi connectivity index (χ0n) is 9.65. The SMILES string of the molecule is COc1ccccc1C(N)N1CCNCC1. The van der Waals surface area contributed by atoms with Crippen LogP contribution in [-0.4, -0.2) is 38.2 Å². The molecular weight excluding hydrogens is 202 g/mol.